The zero-order chi connectivity index (χ0) is 23.4. The average Bonchev–Trinajstić information content (AvgIpc) is 2.84. The van der Waals surface area contributed by atoms with Gasteiger partial charge in [-0.1, -0.05) is 12.1 Å². The molecule has 0 unspecified atom stereocenters. The van der Waals surface area contributed by atoms with Crippen molar-refractivity contribution in [3.8, 4) is 22.8 Å². The van der Waals surface area contributed by atoms with E-state index >= 15 is 0 Å². The van der Waals surface area contributed by atoms with Gasteiger partial charge in [-0.15, -0.1) is 10.2 Å². The van der Waals surface area contributed by atoms with Gasteiger partial charge in [-0.05, 0) is 43.4 Å². The van der Waals surface area contributed by atoms with Gasteiger partial charge < -0.3 is 19.3 Å². The van der Waals surface area contributed by atoms with Gasteiger partial charge in [-0.3, -0.25) is 4.72 Å². The number of hydrogen-bond acceptors (Lipinski definition) is 8. The third-order valence-corrected chi connectivity index (χ3v) is 6.99. The van der Waals surface area contributed by atoms with Gasteiger partial charge in [-0.25, -0.2) is 8.42 Å². The standard InChI is InChI=1S/C23H27N5O4S/c1-27-12-14-28(15-13-27)23-11-9-20(24-25-23)17-4-6-18(7-5-17)26-33(29,30)22-10-8-19(31-2)16-21(22)32-3/h4-11,16,26H,12-15H2,1-3H3. The molecule has 174 valence electrons. The number of nitrogens with one attached hydrogen (secondary N) is 1. The Morgan fingerprint density at radius 2 is 1.61 bits per heavy atom. The van der Waals surface area contributed by atoms with Crippen molar-refractivity contribution in [3.63, 3.8) is 0 Å². The predicted molar refractivity (Wildman–Crippen MR) is 128 cm³/mol. The quantitative estimate of drug-likeness (QED) is 0.564. The Morgan fingerprint density at radius 3 is 2.21 bits per heavy atom. The lowest BCUT2D eigenvalue weighted by molar-refractivity contribution is 0.312. The van der Waals surface area contributed by atoms with Gasteiger partial charge in [0.1, 0.15) is 16.4 Å². The van der Waals surface area contributed by atoms with Crippen LogP contribution in [0.5, 0.6) is 11.5 Å². The number of aromatic nitrogens is 2. The summed E-state index contributed by atoms with van der Waals surface area (Å²) in [6, 6.07) is 15.5. The Hall–Kier alpha value is -3.37. The van der Waals surface area contributed by atoms with E-state index in [1.807, 2.05) is 24.3 Å². The highest BCUT2D eigenvalue weighted by Crippen LogP contribution is 2.30. The van der Waals surface area contributed by atoms with Crippen LogP contribution in [0.3, 0.4) is 0 Å². The third-order valence-electron chi connectivity index (χ3n) is 5.57. The molecule has 0 atom stereocenters. The number of ether oxygens (including phenoxy) is 2. The number of piperazine rings is 1. The Bertz CT molecular complexity index is 1190. The SMILES string of the molecule is COc1ccc(S(=O)(=O)Nc2ccc(-c3ccc(N4CCN(C)CC4)nn3)cc2)c(OC)c1. The molecule has 1 fully saturated rings. The first kappa shape index (κ1) is 22.8. The topological polar surface area (TPSA) is 96.9 Å². The van der Waals surface area contributed by atoms with E-state index in [4.69, 9.17) is 9.47 Å². The Kier molecular flexibility index (Phi) is 6.66. The minimum atomic E-state index is -3.85. The maximum atomic E-state index is 12.9. The van der Waals surface area contributed by atoms with Crippen LogP contribution >= 0.6 is 0 Å². The molecule has 2 aromatic carbocycles. The summed E-state index contributed by atoms with van der Waals surface area (Å²) in [5.74, 6) is 1.58. The van der Waals surface area contributed by atoms with Gasteiger partial charge in [-0.2, -0.15) is 0 Å². The zero-order valence-electron chi connectivity index (χ0n) is 18.9. The second-order valence-electron chi connectivity index (χ2n) is 7.77. The number of methoxy groups -OCH3 is 2. The second-order valence-corrected chi connectivity index (χ2v) is 9.42. The zero-order valence-corrected chi connectivity index (χ0v) is 19.7. The first-order valence-electron chi connectivity index (χ1n) is 10.5. The fourth-order valence-electron chi connectivity index (χ4n) is 3.60. The summed E-state index contributed by atoms with van der Waals surface area (Å²) in [7, 11) is 1.19. The minimum absolute atomic E-state index is 0.0280. The summed E-state index contributed by atoms with van der Waals surface area (Å²) in [4.78, 5) is 4.54. The van der Waals surface area contributed by atoms with E-state index in [-0.39, 0.29) is 10.6 Å². The summed E-state index contributed by atoms with van der Waals surface area (Å²) < 4.78 is 38.7. The minimum Gasteiger partial charge on any atom is -0.497 e. The molecule has 10 heteroatoms. The van der Waals surface area contributed by atoms with Crippen LogP contribution in [-0.4, -0.2) is 71.0 Å². The lowest BCUT2D eigenvalue weighted by atomic mass is 10.1. The number of sulfonamides is 1. The molecule has 4 rings (SSSR count). The number of hydrogen-bond donors (Lipinski definition) is 1. The number of nitrogens with zero attached hydrogens (tertiary/aromatic N) is 4. The number of anilines is 2. The van der Waals surface area contributed by atoms with Crippen LogP contribution in [0.15, 0.2) is 59.5 Å². The smallest absolute Gasteiger partial charge is 0.265 e. The monoisotopic (exact) mass is 469 g/mol. The van der Waals surface area contributed by atoms with Crippen molar-refractivity contribution in [1.29, 1.82) is 0 Å². The van der Waals surface area contributed by atoms with E-state index in [1.165, 1.54) is 26.4 Å². The molecule has 2 heterocycles. The highest BCUT2D eigenvalue weighted by Gasteiger charge is 2.20. The van der Waals surface area contributed by atoms with Gasteiger partial charge in [0, 0.05) is 43.5 Å². The van der Waals surface area contributed by atoms with E-state index in [0.717, 1.165) is 43.3 Å². The lowest BCUT2D eigenvalue weighted by Crippen LogP contribution is -2.44. The van der Waals surface area contributed by atoms with E-state index < -0.39 is 10.0 Å². The van der Waals surface area contributed by atoms with Crippen LogP contribution in [0.4, 0.5) is 11.5 Å². The Balaban J connectivity index is 1.47. The number of likely N-dealkylation sites (N-methyl/N-ethyl adjacent to an activating group) is 1. The fraction of sp³-hybridized carbons (Fsp3) is 0.304. The van der Waals surface area contributed by atoms with Crippen molar-refractivity contribution in [1.82, 2.24) is 15.1 Å². The van der Waals surface area contributed by atoms with Crippen LogP contribution in [0.25, 0.3) is 11.3 Å². The number of rotatable bonds is 7. The molecule has 0 radical (unpaired) electrons. The van der Waals surface area contributed by atoms with Gasteiger partial charge in [0.05, 0.1) is 19.9 Å². The fourth-order valence-corrected chi connectivity index (χ4v) is 4.81. The predicted octanol–water partition coefficient (Wildman–Crippen LogP) is 2.71. The van der Waals surface area contributed by atoms with Crippen LogP contribution in [0, 0.1) is 0 Å². The molecule has 1 N–H and O–H groups in total. The normalized spacial score (nSPS) is 14.7. The Morgan fingerprint density at radius 1 is 0.879 bits per heavy atom. The molecule has 0 saturated carbocycles. The largest absolute Gasteiger partial charge is 0.497 e. The van der Waals surface area contributed by atoms with Gasteiger partial charge in [0.25, 0.3) is 10.0 Å². The number of benzene rings is 2. The van der Waals surface area contributed by atoms with E-state index in [1.54, 1.807) is 18.2 Å². The highest BCUT2D eigenvalue weighted by atomic mass is 32.2. The first-order valence-corrected chi connectivity index (χ1v) is 12.0. The molecule has 0 spiro atoms. The van der Waals surface area contributed by atoms with Crippen LogP contribution in [0.1, 0.15) is 0 Å². The van der Waals surface area contributed by atoms with Crippen LogP contribution in [-0.2, 0) is 10.0 Å². The summed E-state index contributed by atoms with van der Waals surface area (Å²) in [6.07, 6.45) is 0. The summed E-state index contributed by atoms with van der Waals surface area (Å²) in [6.45, 7) is 3.86. The molecule has 0 aliphatic carbocycles. The summed E-state index contributed by atoms with van der Waals surface area (Å²) in [5.41, 5.74) is 2.00. The molecular formula is C23H27N5O4S. The molecule has 0 amide bonds. The van der Waals surface area contributed by atoms with E-state index in [2.05, 4.69) is 31.8 Å². The highest BCUT2D eigenvalue weighted by molar-refractivity contribution is 7.92. The average molecular weight is 470 g/mol. The van der Waals surface area contributed by atoms with Crippen molar-refractivity contribution < 1.29 is 17.9 Å². The molecular weight excluding hydrogens is 442 g/mol. The Labute approximate surface area is 194 Å². The van der Waals surface area contributed by atoms with Gasteiger partial charge in [0.15, 0.2) is 5.82 Å². The van der Waals surface area contributed by atoms with Crippen molar-refractivity contribution in [2.45, 2.75) is 4.90 Å². The first-order chi connectivity index (χ1) is 15.9. The third kappa shape index (κ3) is 5.18. The summed E-state index contributed by atoms with van der Waals surface area (Å²) in [5, 5.41) is 8.74. The maximum absolute atomic E-state index is 12.9. The van der Waals surface area contributed by atoms with Gasteiger partial charge >= 0.3 is 0 Å². The molecule has 1 aromatic heterocycles. The molecule has 9 nitrogen and oxygen atoms in total. The van der Waals surface area contributed by atoms with Crippen molar-refractivity contribution in [2.24, 2.45) is 0 Å². The van der Waals surface area contributed by atoms with E-state index in [9.17, 15) is 8.42 Å². The molecule has 0 bridgehead atoms. The van der Waals surface area contributed by atoms with Crippen molar-refractivity contribution in [2.75, 3.05) is 57.1 Å². The molecule has 33 heavy (non-hydrogen) atoms. The summed E-state index contributed by atoms with van der Waals surface area (Å²) >= 11 is 0. The lowest BCUT2D eigenvalue weighted by Gasteiger charge is -2.32. The van der Waals surface area contributed by atoms with Gasteiger partial charge in [0.2, 0.25) is 0 Å². The van der Waals surface area contributed by atoms with Crippen LogP contribution in [0.2, 0.25) is 0 Å². The molecule has 1 aliphatic rings. The van der Waals surface area contributed by atoms with Crippen molar-refractivity contribution in [3.05, 3.63) is 54.6 Å². The molecule has 1 saturated heterocycles. The maximum Gasteiger partial charge on any atom is 0.265 e. The molecule has 3 aromatic rings. The van der Waals surface area contributed by atoms with Crippen LogP contribution < -0.4 is 19.1 Å². The van der Waals surface area contributed by atoms with Crippen molar-refractivity contribution >= 4 is 21.5 Å². The van der Waals surface area contributed by atoms with E-state index in [0.29, 0.717) is 11.4 Å². The second kappa shape index (κ2) is 9.63. The molecule has 1 aliphatic heterocycles.